The highest BCUT2D eigenvalue weighted by Gasteiger charge is 2.22. The van der Waals surface area contributed by atoms with Gasteiger partial charge in [-0.2, -0.15) is 0 Å². The number of aromatic nitrogens is 1. The normalized spacial score (nSPS) is 18.6. The van der Waals surface area contributed by atoms with Crippen molar-refractivity contribution in [3.8, 4) is 0 Å². The molecule has 1 N–H and O–H groups in total. The van der Waals surface area contributed by atoms with Gasteiger partial charge in [-0.05, 0) is 26.2 Å². The van der Waals surface area contributed by atoms with Crippen molar-refractivity contribution < 1.29 is 19.1 Å². The first-order valence-corrected chi connectivity index (χ1v) is 7.59. The lowest BCUT2D eigenvalue weighted by Gasteiger charge is -2.20. The van der Waals surface area contributed by atoms with Crippen molar-refractivity contribution in [2.75, 3.05) is 18.5 Å². The molecule has 1 aromatic heterocycles. The van der Waals surface area contributed by atoms with Crippen molar-refractivity contribution in [2.45, 2.75) is 38.7 Å². The fourth-order valence-corrected chi connectivity index (χ4v) is 2.65. The Morgan fingerprint density at radius 2 is 2.40 bits per heavy atom. The molecule has 6 nitrogen and oxygen atoms in total. The fraction of sp³-hybridized carbons (Fsp3) is 0.615. The van der Waals surface area contributed by atoms with Crippen molar-refractivity contribution in [3.63, 3.8) is 0 Å². The van der Waals surface area contributed by atoms with E-state index in [9.17, 15) is 9.59 Å². The van der Waals surface area contributed by atoms with Crippen molar-refractivity contribution in [3.05, 3.63) is 11.1 Å². The Kier molecular flexibility index (Phi) is 5.49. The highest BCUT2D eigenvalue weighted by Crippen LogP contribution is 2.19. The third-order valence-electron chi connectivity index (χ3n) is 2.88. The van der Waals surface area contributed by atoms with Crippen molar-refractivity contribution >= 4 is 28.3 Å². The Hall–Kier alpha value is -1.47. The van der Waals surface area contributed by atoms with Gasteiger partial charge in [-0.1, -0.05) is 0 Å². The summed E-state index contributed by atoms with van der Waals surface area (Å²) >= 11 is 1.30. The van der Waals surface area contributed by atoms with Gasteiger partial charge in [-0.3, -0.25) is 14.9 Å². The average molecular weight is 298 g/mol. The first-order valence-electron chi connectivity index (χ1n) is 6.71. The zero-order chi connectivity index (χ0) is 14.4. The second-order valence-corrected chi connectivity index (χ2v) is 5.33. The third kappa shape index (κ3) is 4.28. The van der Waals surface area contributed by atoms with Gasteiger partial charge in [0.05, 0.1) is 18.7 Å². The summed E-state index contributed by atoms with van der Waals surface area (Å²) in [5.41, 5.74) is 0.605. The van der Waals surface area contributed by atoms with Crippen LogP contribution in [0.25, 0.3) is 0 Å². The number of rotatable bonds is 5. The molecule has 2 rings (SSSR count). The van der Waals surface area contributed by atoms with E-state index in [4.69, 9.17) is 9.47 Å². The molecule has 0 spiro atoms. The molecule has 2 heterocycles. The topological polar surface area (TPSA) is 77.5 Å². The predicted octanol–water partition coefficient (Wildman–Crippen LogP) is 1.76. The average Bonchev–Trinajstić information content (AvgIpc) is 2.87. The zero-order valence-electron chi connectivity index (χ0n) is 11.4. The third-order valence-corrected chi connectivity index (χ3v) is 3.69. The maximum atomic E-state index is 11.9. The van der Waals surface area contributed by atoms with Gasteiger partial charge in [0.1, 0.15) is 6.10 Å². The van der Waals surface area contributed by atoms with E-state index in [1.54, 1.807) is 12.3 Å². The zero-order valence-corrected chi connectivity index (χ0v) is 12.2. The van der Waals surface area contributed by atoms with Gasteiger partial charge in [0, 0.05) is 12.0 Å². The van der Waals surface area contributed by atoms with Crippen molar-refractivity contribution in [2.24, 2.45) is 0 Å². The van der Waals surface area contributed by atoms with E-state index in [2.05, 4.69) is 10.3 Å². The van der Waals surface area contributed by atoms with Crippen LogP contribution in [0.4, 0.5) is 5.13 Å². The lowest BCUT2D eigenvalue weighted by Crippen LogP contribution is -2.33. The number of nitrogens with one attached hydrogen (secondary N) is 1. The fourth-order valence-electron chi connectivity index (χ4n) is 1.94. The Morgan fingerprint density at radius 1 is 1.55 bits per heavy atom. The number of thiazole rings is 1. The molecule has 0 aromatic carbocycles. The molecule has 0 aliphatic carbocycles. The maximum absolute atomic E-state index is 11.9. The second-order valence-electron chi connectivity index (χ2n) is 4.47. The molecule has 1 aromatic rings. The minimum Gasteiger partial charge on any atom is -0.466 e. The van der Waals surface area contributed by atoms with Gasteiger partial charge in [0.25, 0.3) is 5.91 Å². The second kappa shape index (κ2) is 7.35. The SMILES string of the molecule is CCOC(=O)Cc1csc(NC(=O)C2CCCCO2)n1. The van der Waals surface area contributed by atoms with E-state index in [1.165, 1.54) is 11.3 Å². The smallest absolute Gasteiger partial charge is 0.311 e. The van der Waals surface area contributed by atoms with Crippen LogP contribution in [0.5, 0.6) is 0 Å². The number of carbonyl (C=O) groups excluding carboxylic acids is 2. The van der Waals surface area contributed by atoms with Crippen LogP contribution < -0.4 is 5.32 Å². The van der Waals surface area contributed by atoms with Crippen LogP contribution in [-0.2, 0) is 25.5 Å². The van der Waals surface area contributed by atoms with Gasteiger partial charge in [-0.25, -0.2) is 4.98 Å². The first-order chi connectivity index (χ1) is 9.69. The Balaban J connectivity index is 1.85. The van der Waals surface area contributed by atoms with Crippen LogP contribution in [-0.4, -0.2) is 36.2 Å². The molecule has 0 saturated carbocycles. The number of nitrogens with zero attached hydrogens (tertiary/aromatic N) is 1. The number of carbonyl (C=O) groups is 2. The number of ether oxygens (including phenoxy) is 2. The Morgan fingerprint density at radius 3 is 3.10 bits per heavy atom. The van der Waals surface area contributed by atoms with Crippen molar-refractivity contribution in [1.82, 2.24) is 4.98 Å². The standard InChI is InChI=1S/C13H18N2O4S/c1-2-18-11(16)7-9-8-20-13(14-9)15-12(17)10-5-3-4-6-19-10/h8,10H,2-7H2,1H3,(H,14,15,17). The molecule has 20 heavy (non-hydrogen) atoms. The van der Waals surface area contributed by atoms with E-state index in [1.807, 2.05) is 0 Å². The molecule has 1 amide bonds. The van der Waals surface area contributed by atoms with Crippen LogP contribution in [0.2, 0.25) is 0 Å². The molecule has 0 bridgehead atoms. The molecule has 1 aliphatic heterocycles. The molecule has 110 valence electrons. The molecule has 1 fully saturated rings. The maximum Gasteiger partial charge on any atom is 0.311 e. The molecule has 1 atom stereocenters. The van der Waals surface area contributed by atoms with Crippen LogP contribution in [0, 0.1) is 0 Å². The van der Waals surface area contributed by atoms with Gasteiger partial charge < -0.3 is 9.47 Å². The van der Waals surface area contributed by atoms with E-state index in [0.29, 0.717) is 24.0 Å². The summed E-state index contributed by atoms with van der Waals surface area (Å²) in [6.07, 6.45) is 2.49. The lowest BCUT2D eigenvalue weighted by atomic mass is 10.1. The number of hydrogen-bond donors (Lipinski definition) is 1. The summed E-state index contributed by atoms with van der Waals surface area (Å²) in [6.45, 7) is 2.74. The molecule has 1 saturated heterocycles. The van der Waals surface area contributed by atoms with E-state index in [-0.39, 0.29) is 24.4 Å². The Bertz CT molecular complexity index is 469. The lowest BCUT2D eigenvalue weighted by molar-refractivity contribution is -0.142. The van der Waals surface area contributed by atoms with E-state index >= 15 is 0 Å². The highest BCUT2D eigenvalue weighted by molar-refractivity contribution is 7.13. The summed E-state index contributed by atoms with van der Waals surface area (Å²) in [5.74, 6) is -0.479. The first kappa shape index (κ1) is 14.9. The van der Waals surface area contributed by atoms with Crippen LogP contribution in [0.1, 0.15) is 31.9 Å². The van der Waals surface area contributed by atoms with Crippen LogP contribution >= 0.6 is 11.3 Å². The summed E-state index contributed by atoms with van der Waals surface area (Å²) in [7, 11) is 0. The minimum absolute atomic E-state index is 0.125. The molecular weight excluding hydrogens is 280 g/mol. The van der Waals surface area contributed by atoms with Crippen LogP contribution in [0.15, 0.2) is 5.38 Å². The van der Waals surface area contributed by atoms with Crippen molar-refractivity contribution in [1.29, 1.82) is 0 Å². The van der Waals surface area contributed by atoms with E-state index in [0.717, 1.165) is 19.3 Å². The molecule has 1 aliphatic rings. The molecule has 7 heteroatoms. The highest BCUT2D eigenvalue weighted by atomic mass is 32.1. The monoisotopic (exact) mass is 298 g/mol. The largest absolute Gasteiger partial charge is 0.466 e. The predicted molar refractivity (Wildman–Crippen MR) is 74.7 cm³/mol. The quantitative estimate of drug-likeness (QED) is 0.838. The molecule has 0 radical (unpaired) electrons. The summed E-state index contributed by atoms with van der Waals surface area (Å²) in [5, 5.41) is 4.96. The van der Waals surface area contributed by atoms with Gasteiger partial charge in [0.15, 0.2) is 5.13 Å². The summed E-state index contributed by atoms with van der Waals surface area (Å²) < 4.78 is 10.3. The van der Waals surface area contributed by atoms with Gasteiger partial charge in [-0.15, -0.1) is 11.3 Å². The number of anilines is 1. The summed E-state index contributed by atoms with van der Waals surface area (Å²) in [4.78, 5) is 27.5. The number of amides is 1. The molecular formula is C13H18N2O4S. The van der Waals surface area contributed by atoms with E-state index < -0.39 is 0 Å². The minimum atomic E-state index is -0.388. The van der Waals surface area contributed by atoms with Gasteiger partial charge >= 0.3 is 5.97 Å². The number of esters is 1. The van der Waals surface area contributed by atoms with Crippen LogP contribution in [0.3, 0.4) is 0 Å². The Labute approximate surface area is 121 Å². The summed E-state index contributed by atoms with van der Waals surface area (Å²) in [6, 6.07) is 0. The van der Waals surface area contributed by atoms with Gasteiger partial charge in [0.2, 0.25) is 0 Å². The number of hydrogen-bond acceptors (Lipinski definition) is 6. The molecule has 1 unspecified atom stereocenters.